The van der Waals surface area contributed by atoms with Crippen molar-refractivity contribution in [2.45, 2.75) is 13.3 Å². The lowest BCUT2D eigenvalue weighted by Gasteiger charge is -2.12. The smallest absolute Gasteiger partial charge is 0.251 e. The molecular formula is C13H19N3O2. The molecular weight excluding hydrogens is 230 g/mol. The summed E-state index contributed by atoms with van der Waals surface area (Å²) in [6, 6.07) is 7.36. The number of nitrogens with one attached hydrogen (secondary N) is 2. The van der Waals surface area contributed by atoms with Crippen molar-refractivity contribution in [3.05, 3.63) is 35.4 Å². The van der Waals surface area contributed by atoms with E-state index in [2.05, 4.69) is 10.7 Å². The second kappa shape index (κ2) is 6.76. The van der Waals surface area contributed by atoms with Crippen molar-refractivity contribution in [3.8, 4) is 0 Å². The molecule has 5 nitrogen and oxygen atoms in total. The average molecular weight is 249 g/mol. The molecule has 0 radical (unpaired) electrons. The van der Waals surface area contributed by atoms with Crippen LogP contribution in [0.4, 0.5) is 0 Å². The van der Waals surface area contributed by atoms with Crippen LogP contribution in [0.1, 0.15) is 22.3 Å². The Labute approximate surface area is 107 Å². The minimum absolute atomic E-state index is 0.120. The van der Waals surface area contributed by atoms with Crippen molar-refractivity contribution in [2.24, 2.45) is 0 Å². The zero-order chi connectivity index (χ0) is 13.5. The standard InChI is InChI=1S/C13H19N3O2/c1-10-6-4-5-7-11(10)13(18)14-9-8-12(17)15-16(2)3/h4-7H,8-9H2,1-3H3,(H,14,18)(H,15,17). The molecule has 0 atom stereocenters. The molecule has 2 amide bonds. The quantitative estimate of drug-likeness (QED) is 0.755. The molecule has 5 heteroatoms. The Hall–Kier alpha value is -1.88. The monoisotopic (exact) mass is 249 g/mol. The Bertz CT molecular complexity index is 430. The first kappa shape index (κ1) is 14.2. The van der Waals surface area contributed by atoms with Crippen molar-refractivity contribution in [1.29, 1.82) is 0 Å². The van der Waals surface area contributed by atoms with E-state index in [4.69, 9.17) is 0 Å². The predicted molar refractivity (Wildman–Crippen MR) is 70.0 cm³/mol. The fraction of sp³-hybridized carbons (Fsp3) is 0.385. The van der Waals surface area contributed by atoms with E-state index in [0.29, 0.717) is 12.1 Å². The van der Waals surface area contributed by atoms with Gasteiger partial charge in [-0.2, -0.15) is 0 Å². The van der Waals surface area contributed by atoms with E-state index in [1.807, 2.05) is 25.1 Å². The van der Waals surface area contributed by atoms with Crippen LogP contribution in [0.15, 0.2) is 24.3 Å². The van der Waals surface area contributed by atoms with Gasteiger partial charge < -0.3 is 5.32 Å². The molecule has 98 valence electrons. The molecule has 18 heavy (non-hydrogen) atoms. The van der Waals surface area contributed by atoms with E-state index in [0.717, 1.165) is 5.56 Å². The van der Waals surface area contributed by atoms with E-state index in [-0.39, 0.29) is 18.2 Å². The highest BCUT2D eigenvalue weighted by Crippen LogP contribution is 2.06. The highest BCUT2D eigenvalue weighted by molar-refractivity contribution is 5.95. The first-order valence-corrected chi connectivity index (χ1v) is 5.81. The third-order valence-corrected chi connectivity index (χ3v) is 2.38. The molecule has 0 saturated carbocycles. The van der Waals surface area contributed by atoms with Crippen LogP contribution in [0, 0.1) is 6.92 Å². The molecule has 1 aromatic rings. The lowest BCUT2D eigenvalue weighted by Crippen LogP contribution is -2.38. The summed E-state index contributed by atoms with van der Waals surface area (Å²) < 4.78 is 0. The number of hydrazine groups is 1. The largest absolute Gasteiger partial charge is 0.352 e. The topological polar surface area (TPSA) is 61.4 Å². The summed E-state index contributed by atoms with van der Waals surface area (Å²) in [6.45, 7) is 2.21. The Balaban J connectivity index is 2.39. The number of hydrogen-bond acceptors (Lipinski definition) is 3. The maximum absolute atomic E-state index is 11.8. The summed E-state index contributed by atoms with van der Waals surface area (Å²) in [5.41, 5.74) is 4.18. The van der Waals surface area contributed by atoms with E-state index >= 15 is 0 Å². The predicted octanol–water partition coefficient (Wildman–Crippen LogP) is 0.708. The lowest BCUT2D eigenvalue weighted by molar-refractivity contribution is -0.124. The third-order valence-electron chi connectivity index (χ3n) is 2.38. The van der Waals surface area contributed by atoms with Gasteiger partial charge in [0.2, 0.25) is 5.91 Å². The fourth-order valence-electron chi connectivity index (χ4n) is 1.52. The molecule has 0 spiro atoms. The molecule has 0 aliphatic carbocycles. The van der Waals surface area contributed by atoms with Gasteiger partial charge in [0, 0.05) is 32.6 Å². The van der Waals surface area contributed by atoms with Gasteiger partial charge in [-0.25, -0.2) is 5.01 Å². The number of benzene rings is 1. The van der Waals surface area contributed by atoms with Crippen LogP contribution in [0.3, 0.4) is 0 Å². The Morgan fingerprint density at radius 2 is 1.89 bits per heavy atom. The highest BCUT2D eigenvalue weighted by atomic mass is 16.2. The zero-order valence-corrected chi connectivity index (χ0v) is 11.0. The molecule has 0 aromatic heterocycles. The van der Waals surface area contributed by atoms with Crippen molar-refractivity contribution in [2.75, 3.05) is 20.6 Å². The molecule has 1 rings (SSSR count). The molecule has 0 unspecified atom stereocenters. The van der Waals surface area contributed by atoms with Gasteiger partial charge in [-0.15, -0.1) is 0 Å². The minimum atomic E-state index is -0.147. The summed E-state index contributed by atoms with van der Waals surface area (Å²) in [6.07, 6.45) is 0.260. The first-order valence-electron chi connectivity index (χ1n) is 5.81. The van der Waals surface area contributed by atoms with Gasteiger partial charge in [-0.05, 0) is 18.6 Å². The van der Waals surface area contributed by atoms with E-state index in [9.17, 15) is 9.59 Å². The van der Waals surface area contributed by atoms with Crippen LogP contribution >= 0.6 is 0 Å². The summed E-state index contributed by atoms with van der Waals surface area (Å²) >= 11 is 0. The van der Waals surface area contributed by atoms with Gasteiger partial charge in [0.25, 0.3) is 5.91 Å². The van der Waals surface area contributed by atoms with Crippen LogP contribution in [0.5, 0.6) is 0 Å². The van der Waals surface area contributed by atoms with Crippen LogP contribution in [0.2, 0.25) is 0 Å². The highest BCUT2D eigenvalue weighted by Gasteiger charge is 2.08. The van der Waals surface area contributed by atoms with Crippen LogP contribution in [0.25, 0.3) is 0 Å². The van der Waals surface area contributed by atoms with Crippen LogP contribution < -0.4 is 10.7 Å². The van der Waals surface area contributed by atoms with E-state index < -0.39 is 0 Å². The Kier molecular flexibility index (Phi) is 5.32. The van der Waals surface area contributed by atoms with Crippen molar-refractivity contribution >= 4 is 11.8 Å². The van der Waals surface area contributed by atoms with Crippen LogP contribution in [-0.2, 0) is 4.79 Å². The summed E-state index contributed by atoms with van der Waals surface area (Å²) in [4.78, 5) is 23.2. The van der Waals surface area contributed by atoms with Gasteiger partial charge in [-0.3, -0.25) is 15.0 Å². The third kappa shape index (κ3) is 4.55. The Morgan fingerprint density at radius 1 is 1.22 bits per heavy atom. The van der Waals surface area contributed by atoms with Crippen molar-refractivity contribution < 1.29 is 9.59 Å². The van der Waals surface area contributed by atoms with Gasteiger partial charge in [0.15, 0.2) is 0 Å². The SMILES string of the molecule is Cc1ccccc1C(=O)NCCC(=O)NN(C)C. The number of carbonyl (C=O) groups excluding carboxylic acids is 2. The van der Waals surface area contributed by atoms with Crippen molar-refractivity contribution in [3.63, 3.8) is 0 Å². The van der Waals surface area contributed by atoms with E-state index in [1.54, 1.807) is 25.2 Å². The molecule has 0 bridgehead atoms. The second-order valence-electron chi connectivity index (χ2n) is 4.25. The maximum Gasteiger partial charge on any atom is 0.251 e. The molecule has 0 heterocycles. The molecule has 1 aromatic carbocycles. The molecule has 0 aliphatic rings. The molecule has 0 saturated heterocycles. The van der Waals surface area contributed by atoms with Gasteiger partial charge >= 0.3 is 0 Å². The summed E-state index contributed by atoms with van der Waals surface area (Å²) in [7, 11) is 3.48. The van der Waals surface area contributed by atoms with Crippen LogP contribution in [-0.4, -0.2) is 37.5 Å². The first-order chi connectivity index (χ1) is 8.50. The molecule has 2 N–H and O–H groups in total. The average Bonchev–Trinajstić information content (AvgIpc) is 2.28. The van der Waals surface area contributed by atoms with E-state index in [1.165, 1.54) is 0 Å². The molecule has 0 fully saturated rings. The number of carbonyl (C=O) groups is 2. The maximum atomic E-state index is 11.8. The number of hydrogen-bond donors (Lipinski definition) is 2. The zero-order valence-electron chi connectivity index (χ0n) is 11.0. The molecule has 0 aliphatic heterocycles. The lowest BCUT2D eigenvalue weighted by atomic mass is 10.1. The van der Waals surface area contributed by atoms with Gasteiger partial charge in [0.1, 0.15) is 0 Å². The van der Waals surface area contributed by atoms with Crippen molar-refractivity contribution in [1.82, 2.24) is 15.8 Å². The second-order valence-corrected chi connectivity index (χ2v) is 4.25. The van der Waals surface area contributed by atoms with Gasteiger partial charge in [0.05, 0.1) is 0 Å². The van der Waals surface area contributed by atoms with Gasteiger partial charge in [-0.1, -0.05) is 18.2 Å². The fourth-order valence-corrected chi connectivity index (χ4v) is 1.52. The number of aryl methyl sites for hydroxylation is 1. The number of amides is 2. The summed E-state index contributed by atoms with van der Waals surface area (Å²) in [5, 5.41) is 4.30. The summed E-state index contributed by atoms with van der Waals surface area (Å²) in [5.74, 6) is -0.268. The minimum Gasteiger partial charge on any atom is -0.352 e. The number of nitrogens with zero attached hydrogens (tertiary/aromatic N) is 1. The Morgan fingerprint density at radius 3 is 2.50 bits per heavy atom. The number of rotatable bonds is 5. The normalized spacial score (nSPS) is 10.2.